The molecule has 160 valence electrons. The van der Waals surface area contributed by atoms with Crippen LogP contribution in [0, 0.1) is 5.41 Å². The smallest absolute Gasteiger partial charge is 0.272 e. The highest BCUT2D eigenvalue weighted by atomic mass is 16.5. The number of aryl methyl sites for hydroxylation is 1. The van der Waals surface area contributed by atoms with E-state index in [1.54, 1.807) is 12.3 Å². The van der Waals surface area contributed by atoms with Crippen LogP contribution in [0.1, 0.15) is 48.2 Å². The van der Waals surface area contributed by atoms with E-state index < -0.39 is 0 Å². The third kappa shape index (κ3) is 4.98. The zero-order valence-electron chi connectivity index (χ0n) is 17.9. The molecule has 1 amide bonds. The van der Waals surface area contributed by atoms with Crippen LogP contribution < -0.4 is 4.74 Å². The second-order valence-electron chi connectivity index (χ2n) is 8.79. The van der Waals surface area contributed by atoms with Crippen molar-refractivity contribution in [2.45, 2.75) is 38.5 Å². The monoisotopic (exact) mass is 408 g/mol. The van der Waals surface area contributed by atoms with Crippen molar-refractivity contribution in [1.29, 1.82) is 0 Å². The summed E-state index contributed by atoms with van der Waals surface area (Å²) in [5.41, 5.74) is 2.09. The number of likely N-dealkylation sites (N-methyl/N-ethyl adjacent to an activating group) is 1. The van der Waals surface area contributed by atoms with Gasteiger partial charge in [-0.3, -0.25) is 4.79 Å². The van der Waals surface area contributed by atoms with E-state index in [0.717, 1.165) is 51.2 Å². The third-order valence-corrected chi connectivity index (χ3v) is 6.62. The van der Waals surface area contributed by atoms with Gasteiger partial charge in [0, 0.05) is 32.4 Å². The molecule has 2 aliphatic rings. The van der Waals surface area contributed by atoms with E-state index in [1.165, 1.54) is 31.2 Å². The van der Waals surface area contributed by atoms with Gasteiger partial charge in [0.05, 0.1) is 0 Å². The number of nitrogens with zero attached hydrogens (tertiary/aromatic N) is 4. The summed E-state index contributed by atoms with van der Waals surface area (Å²) >= 11 is 0. The van der Waals surface area contributed by atoms with Crippen LogP contribution in [-0.2, 0) is 6.42 Å². The van der Waals surface area contributed by atoms with Crippen LogP contribution in [0.3, 0.4) is 0 Å². The summed E-state index contributed by atoms with van der Waals surface area (Å²) in [4.78, 5) is 25.2. The van der Waals surface area contributed by atoms with Crippen LogP contribution in [0.2, 0.25) is 0 Å². The first-order valence-electron chi connectivity index (χ1n) is 11.1. The van der Waals surface area contributed by atoms with Gasteiger partial charge in [0.1, 0.15) is 24.4 Å². The highest BCUT2D eigenvalue weighted by Crippen LogP contribution is 2.38. The highest BCUT2D eigenvalue weighted by Gasteiger charge is 2.36. The number of carbonyl (C=O) groups is 1. The summed E-state index contributed by atoms with van der Waals surface area (Å²) in [6.07, 6.45) is 9.85. The quantitative estimate of drug-likeness (QED) is 0.724. The van der Waals surface area contributed by atoms with Crippen LogP contribution in [0.4, 0.5) is 0 Å². The number of hydrogen-bond acceptors (Lipinski definition) is 5. The van der Waals surface area contributed by atoms with Gasteiger partial charge in [-0.05, 0) is 62.3 Å². The zero-order chi connectivity index (χ0) is 20.8. The number of para-hydroxylation sites is 1. The normalized spacial score (nSPS) is 20.5. The number of hydrogen-bond donors (Lipinski definition) is 0. The van der Waals surface area contributed by atoms with Gasteiger partial charge in [0.25, 0.3) is 5.91 Å². The van der Waals surface area contributed by atoms with Crippen molar-refractivity contribution in [3.63, 3.8) is 0 Å². The standard InChI is InChI=1S/C24H32N4O2/c1-27-16-17-30-22-8-3-2-6-20(22)7-4-5-10-24(18-27)11-14-28(15-12-24)23(29)21-9-13-25-19-26-21/h2-3,6,8-9,13,19H,4-5,7,10-12,14-18H2,1H3. The Hall–Kier alpha value is -2.47. The molecule has 2 aliphatic heterocycles. The summed E-state index contributed by atoms with van der Waals surface area (Å²) in [6, 6.07) is 10.1. The van der Waals surface area contributed by atoms with E-state index >= 15 is 0 Å². The molecule has 4 rings (SSSR count). The number of aromatic nitrogens is 2. The van der Waals surface area contributed by atoms with Crippen molar-refractivity contribution < 1.29 is 9.53 Å². The van der Waals surface area contributed by atoms with Gasteiger partial charge in [-0.1, -0.05) is 24.6 Å². The molecule has 0 bridgehead atoms. The molecule has 0 unspecified atom stereocenters. The fraction of sp³-hybridized carbons (Fsp3) is 0.542. The zero-order valence-corrected chi connectivity index (χ0v) is 17.9. The molecule has 1 saturated heterocycles. The lowest BCUT2D eigenvalue weighted by atomic mass is 9.73. The first-order chi connectivity index (χ1) is 14.7. The maximum absolute atomic E-state index is 12.8. The van der Waals surface area contributed by atoms with E-state index in [-0.39, 0.29) is 11.3 Å². The van der Waals surface area contributed by atoms with Crippen molar-refractivity contribution in [2.75, 3.05) is 39.8 Å². The van der Waals surface area contributed by atoms with Gasteiger partial charge < -0.3 is 14.5 Å². The molecule has 1 spiro atoms. The lowest BCUT2D eigenvalue weighted by molar-refractivity contribution is 0.0420. The van der Waals surface area contributed by atoms with Crippen LogP contribution in [0.5, 0.6) is 5.75 Å². The second kappa shape index (κ2) is 9.56. The van der Waals surface area contributed by atoms with Gasteiger partial charge in [-0.2, -0.15) is 0 Å². The molecule has 0 atom stereocenters. The molecule has 0 N–H and O–H groups in total. The van der Waals surface area contributed by atoms with Crippen molar-refractivity contribution in [1.82, 2.24) is 19.8 Å². The van der Waals surface area contributed by atoms with Crippen LogP contribution in [-0.4, -0.2) is 65.5 Å². The molecule has 2 aromatic rings. The molecule has 1 aromatic heterocycles. The molecule has 30 heavy (non-hydrogen) atoms. The molecule has 0 radical (unpaired) electrons. The number of carbonyl (C=O) groups excluding carboxylic acids is 1. The van der Waals surface area contributed by atoms with E-state index in [9.17, 15) is 4.79 Å². The second-order valence-corrected chi connectivity index (χ2v) is 8.79. The molecule has 6 nitrogen and oxygen atoms in total. The number of amides is 1. The molecule has 6 heteroatoms. The van der Waals surface area contributed by atoms with Gasteiger partial charge >= 0.3 is 0 Å². The van der Waals surface area contributed by atoms with Gasteiger partial charge in [0.2, 0.25) is 0 Å². The maximum Gasteiger partial charge on any atom is 0.272 e. The number of fused-ring (bicyclic) bond motifs is 1. The largest absolute Gasteiger partial charge is 0.492 e. The first-order valence-corrected chi connectivity index (χ1v) is 11.1. The average molecular weight is 409 g/mol. The van der Waals surface area contributed by atoms with Gasteiger partial charge in [-0.15, -0.1) is 0 Å². The molecular formula is C24H32N4O2. The highest BCUT2D eigenvalue weighted by molar-refractivity contribution is 5.92. The minimum atomic E-state index is 0.0266. The summed E-state index contributed by atoms with van der Waals surface area (Å²) < 4.78 is 6.10. The van der Waals surface area contributed by atoms with E-state index in [0.29, 0.717) is 12.3 Å². The number of ether oxygens (including phenoxy) is 1. The van der Waals surface area contributed by atoms with Crippen molar-refractivity contribution in [2.24, 2.45) is 5.41 Å². The number of benzene rings is 1. The third-order valence-electron chi connectivity index (χ3n) is 6.62. The Morgan fingerprint density at radius 3 is 2.70 bits per heavy atom. The predicted octanol–water partition coefficient (Wildman–Crippen LogP) is 3.44. The summed E-state index contributed by atoms with van der Waals surface area (Å²) in [5, 5.41) is 0. The van der Waals surface area contributed by atoms with Crippen molar-refractivity contribution in [3.8, 4) is 5.75 Å². The molecule has 0 saturated carbocycles. The molecule has 1 aromatic carbocycles. The number of piperidine rings is 1. The number of likely N-dealkylation sites (tertiary alicyclic amines) is 1. The fourth-order valence-electron chi connectivity index (χ4n) is 4.88. The van der Waals surface area contributed by atoms with Crippen molar-refractivity contribution >= 4 is 5.91 Å². The van der Waals surface area contributed by atoms with Gasteiger partial charge in [0.15, 0.2) is 0 Å². The minimum Gasteiger partial charge on any atom is -0.492 e. The molecule has 1 fully saturated rings. The lowest BCUT2D eigenvalue weighted by Crippen LogP contribution is -2.48. The van der Waals surface area contributed by atoms with Crippen LogP contribution in [0.25, 0.3) is 0 Å². The Labute approximate surface area is 179 Å². The molecule has 0 aliphatic carbocycles. The van der Waals surface area contributed by atoms with E-state index in [2.05, 4.69) is 46.2 Å². The number of rotatable bonds is 1. The maximum atomic E-state index is 12.8. The fourth-order valence-corrected chi connectivity index (χ4v) is 4.88. The minimum absolute atomic E-state index is 0.0266. The van der Waals surface area contributed by atoms with E-state index in [4.69, 9.17) is 4.74 Å². The summed E-state index contributed by atoms with van der Waals surface area (Å²) in [5.74, 6) is 1.07. The van der Waals surface area contributed by atoms with Crippen LogP contribution in [0.15, 0.2) is 42.9 Å². The molecule has 3 heterocycles. The van der Waals surface area contributed by atoms with Gasteiger partial charge in [-0.25, -0.2) is 9.97 Å². The summed E-state index contributed by atoms with van der Waals surface area (Å²) in [7, 11) is 2.20. The molecular weight excluding hydrogens is 376 g/mol. The summed E-state index contributed by atoms with van der Waals surface area (Å²) in [6.45, 7) is 4.29. The Morgan fingerprint density at radius 2 is 1.90 bits per heavy atom. The van der Waals surface area contributed by atoms with Crippen molar-refractivity contribution in [3.05, 3.63) is 54.1 Å². The lowest BCUT2D eigenvalue weighted by Gasteiger charge is -2.44. The van der Waals surface area contributed by atoms with Crippen LogP contribution >= 0.6 is 0 Å². The predicted molar refractivity (Wildman–Crippen MR) is 117 cm³/mol. The Bertz CT molecular complexity index is 834. The Morgan fingerprint density at radius 1 is 1.07 bits per heavy atom. The Balaban J connectivity index is 1.40. The SMILES string of the molecule is CN1CCOc2ccccc2CCCCC2(CCN(C(=O)c3ccncn3)CC2)C1. The Kier molecular flexibility index (Phi) is 6.62. The first kappa shape index (κ1) is 20.8. The topological polar surface area (TPSA) is 58.6 Å². The average Bonchev–Trinajstić information content (AvgIpc) is 2.77. The van der Waals surface area contributed by atoms with E-state index in [1.807, 2.05) is 4.90 Å².